The van der Waals surface area contributed by atoms with E-state index in [1.807, 2.05) is 0 Å². The average molecular weight is 347 g/mol. The number of amides is 1. The predicted molar refractivity (Wildman–Crippen MR) is 99.5 cm³/mol. The number of ether oxygens (including phenoxy) is 1. The van der Waals surface area contributed by atoms with E-state index in [-0.39, 0.29) is 11.7 Å². The molecule has 0 unspecified atom stereocenters. The van der Waals surface area contributed by atoms with Gasteiger partial charge in [-0.2, -0.15) is 0 Å². The predicted octanol–water partition coefficient (Wildman–Crippen LogP) is 4.44. The largest absolute Gasteiger partial charge is 0.496 e. The molecule has 3 rings (SSSR count). The van der Waals surface area contributed by atoms with Crippen molar-refractivity contribution in [1.82, 2.24) is 0 Å². The van der Waals surface area contributed by atoms with Gasteiger partial charge in [-0.05, 0) is 60.7 Å². The van der Waals surface area contributed by atoms with E-state index in [0.29, 0.717) is 28.3 Å². The summed E-state index contributed by atoms with van der Waals surface area (Å²) < 4.78 is 10.3. The van der Waals surface area contributed by atoms with Gasteiger partial charge < -0.3 is 14.5 Å². The third-order valence-corrected chi connectivity index (χ3v) is 3.72. The second-order valence-electron chi connectivity index (χ2n) is 5.44. The zero-order chi connectivity index (χ0) is 18.4. The van der Waals surface area contributed by atoms with Crippen LogP contribution in [0.2, 0.25) is 0 Å². The number of carbonyl (C=O) groups is 2. The second kappa shape index (κ2) is 7.98. The number of para-hydroxylation sites is 1. The number of hydrogen-bond donors (Lipinski definition) is 1. The summed E-state index contributed by atoms with van der Waals surface area (Å²) in [5, 5.41) is 2.79. The zero-order valence-electron chi connectivity index (χ0n) is 14.1. The molecule has 1 heterocycles. The Morgan fingerprint density at radius 3 is 2.46 bits per heavy atom. The first-order valence-corrected chi connectivity index (χ1v) is 7.98. The number of furan rings is 1. The van der Waals surface area contributed by atoms with Crippen LogP contribution in [0.25, 0.3) is 6.08 Å². The van der Waals surface area contributed by atoms with Crippen LogP contribution in [-0.4, -0.2) is 18.8 Å². The van der Waals surface area contributed by atoms with E-state index in [4.69, 9.17) is 9.15 Å². The van der Waals surface area contributed by atoms with Gasteiger partial charge in [0.05, 0.1) is 18.9 Å². The molecule has 3 aromatic rings. The lowest BCUT2D eigenvalue weighted by Gasteiger charge is -2.09. The van der Waals surface area contributed by atoms with Crippen LogP contribution >= 0.6 is 0 Å². The van der Waals surface area contributed by atoms with Crippen molar-refractivity contribution >= 4 is 23.5 Å². The van der Waals surface area contributed by atoms with Gasteiger partial charge in [0, 0.05) is 11.3 Å². The maximum Gasteiger partial charge on any atom is 0.259 e. The van der Waals surface area contributed by atoms with Crippen LogP contribution in [0, 0.1) is 0 Å². The molecule has 0 aliphatic heterocycles. The topological polar surface area (TPSA) is 68.5 Å². The zero-order valence-corrected chi connectivity index (χ0v) is 14.1. The number of ketones is 1. The number of benzene rings is 2. The molecule has 0 saturated carbocycles. The number of nitrogens with one attached hydrogen (secondary N) is 1. The molecule has 0 aliphatic carbocycles. The Morgan fingerprint density at radius 2 is 1.77 bits per heavy atom. The van der Waals surface area contributed by atoms with Gasteiger partial charge in [-0.1, -0.05) is 12.1 Å². The van der Waals surface area contributed by atoms with E-state index in [0.717, 1.165) is 0 Å². The second-order valence-corrected chi connectivity index (χ2v) is 5.44. The summed E-state index contributed by atoms with van der Waals surface area (Å²) in [5.41, 5.74) is 1.55. The van der Waals surface area contributed by atoms with Crippen LogP contribution in [0.1, 0.15) is 26.5 Å². The fourth-order valence-corrected chi connectivity index (χ4v) is 2.39. The molecular formula is C21H17NO4. The lowest BCUT2D eigenvalue weighted by Crippen LogP contribution is -2.13. The Kier molecular flexibility index (Phi) is 5.29. The fraction of sp³-hybridized carbons (Fsp3) is 0.0476. The summed E-state index contributed by atoms with van der Waals surface area (Å²) >= 11 is 0. The Balaban J connectivity index is 1.67. The molecule has 0 atom stereocenters. The SMILES string of the molecule is COc1ccccc1C(=O)Nc1ccc(C(=O)C=Cc2ccco2)cc1. The number of anilines is 1. The van der Waals surface area contributed by atoms with E-state index < -0.39 is 0 Å². The molecule has 0 spiro atoms. The number of rotatable bonds is 6. The van der Waals surface area contributed by atoms with Gasteiger partial charge in [-0.25, -0.2) is 0 Å². The molecule has 2 aromatic carbocycles. The van der Waals surface area contributed by atoms with Crippen molar-refractivity contribution < 1.29 is 18.7 Å². The summed E-state index contributed by atoms with van der Waals surface area (Å²) in [6.45, 7) is 0. The highest BCUT2D eigenvalue weighted by molar-refractivity contribution is 6.08. The molecule has 0 aliphatic rings. The quantitative estimate of drug-likeness (QED) is 0.529. The van der Waals surface area contributed by atoms with Crippen LogP contribution < -0.4 is 10.1 Å². The van der Waals surface area contributed by atoms with Crippen LogP contribution in [0.5, 0.6) is 5.75 Å². The molecular weight excluding hydrogens is 330 g/mol. The summed E-state index contributed by atoms with van der Waals surface area (Å²) in [6, 6.07) is 17.2. The van der Waals surface area contributed by atoms with Gasteiger partial charge in [0.15, 0.2) is 5.78 Å². The minimum absolute atomic E-state index is 0.149. The normalized spacial score (nSPS) is 10.7. The number of methoxy groups -OCH3 is 1. The molecule has 130 valence electrons. The van der Waals surface area contributed by atoms with Crippen molar-refractivity contribution in [2.75, 3.05) is 12.4 Å². The van der Waals surface area contributed by atoms with Crippen molar-refractivity contribution in [3.05, 3.63) is 89.9 Å². The maximum absolute atomic E-state index is 12.4. The molecule has 5 heteroatoms. The molecule has 26 heavy (non-hydrogen) atoms. The van der Waals surface area contributed by atoms with Gasteiger partial charge in [0.1, 0.15) is 11.5 Å². The lowest BCUT2D eigenvalue weighted by atomic mass is 10.1. The van der Waals surface area contributed by atoms with Crippen molar-refractivity contribution in [3.8, 4) is 5.75 Å². The van der Waals surface area contributed by atoms with E-state index in [1.54, 1.807) is 73.0 Å². The highest BCUT2D eigenvalue weighted by Crippen LogP contribution is 2.19. The van der Waals surface area contributed by atoms with Gasteiger partial charge in [0.25, 0.3) is 5.91 Å². The fourth-order valence-electron chi connectivity index (χ4n) is 2.39. The van der Waals surface area contributed by atoms with Crippen molar-refractivity contribution in [2.45, 2.75) is 0 Å². The Morgan fingerprint density at radius 1 is 1.00 bits per heavy atom. The minimum atomic E-state index is -0.278. The van der Waals surface area contributed by atoms with Crippen molar-refractivity contribution in [2.24, 2.45) is 0 Å². The highest BCUT2D eigenvalue weighted by Gasteiger charge is 2.11. The van der Waals surface area contributed by atoms with E-state index in [1.165, 1.54) is 13.2 Å². The van der Waals surface area contributed by atoms with Crippen LogP contribution in [0.3, 0.4) is 0 Å². The summed E-state index contributed by atoms with van der Waals surface area (Å²) in [4.78, 5) is 24.5. The van der Waals surface area contributed by atoms with E-state index in [9.17, 15) is 9.59 Å². The van der Waals surface area contributed by atoms with Crippen LogP contribution in [0.4, 0.5) is 5.69 Å². The average Bonchev–Trinajstić information content (AvgIpc) is 3.20. The standard InChI is InChI=1S/C21H17NO4/c1-25-20-7-3-2-6-18(20)21(24)22-16-10-8-15(9-11-16)19(23)13-12-17-5-4-14-26-17/h2-14H,1H3,(H,22,24). The first-order valence-electron chi connectivity index (χ1n) is 7.98. The van der Waals surface area contributed by atoms with E-state index in [2.05, 4.69) is 5.32 Å². The highest BCUT2D eigenvalue weighted by atomic mass is 16.5. The van der Waals surface area contributed by atoms with Gasteiger partial charge in [-0.3, -0.25) is 9.59 Å². The van der Waals surface area contributed by atoms with Gasteiger partial charge >= 0.3 is 0 Å². The molecule has 0 bridgehead atoms. The molecule has 0 radical (unpaired) electrons. The van der Waals surface area contributed by atoms with Crippen molar-refractivity contribution in [1.29, 1.82) is 0 Å². The maximum atomic E-state index is 12.4. The molecule has 1 amide bonds. The first-order chi connectivity index (χ1) is 12.7. The molecule has 0 fully saturated rings. The molecule has 0 saturated heterocycles. The lowest BCUT2D eigenvalue weighted by molar-refractivity contribution is 0.102. The first kappa shape index (κ1) is 17.2. The number of carbonyl (C=O) groups excluding carboxylic acids is 2. The Labute approximate surface area is 150 Å². The van der Waals surface area contributed by atoms with Gasteiger partial charge in [0.2, 0.25) is 0 Å². The summed E-state index contributed by atoms with van der Waals surface area (Å²) in [5.74, 6) is 0.683. The number of hydrogen-bond acceptors (Lipinski definition) is 4. The smallest absolute Gasteiger partial charge is 0.259 e. The van der Waals surface area contributed by atoms with E-state index >= 15 is 0 Å². The third kappa shape index (κ3) is 4.08. The molecule has 5 nitrogen and oxygen atoms in total. The van der Waals surface area contributed by atoms with Crippen LogP contribution in [-0.2, 0) is 0 Å². The Bertz CT molecular complexity index is 925. The number of allylic oxidation sites excluding steroid dienone is 1. The van der Waals surface area contributed by atoms with Crippen molar-refractivity contribution in [3.63, 3.8) is 0 Å². The molecule has 1 aromatic heterocycles. The summed E-state index contributed by atoms with van der Waals surface area (Å²) in [6.07, 6.45) is 4.60. The monoisotopic (exact) mass is 347 g/mol. The summed E-state index contributed by atoms with van der Waals surface area (Å²) in [7, 11) is 1.52. The van der Waals surface area contributed by atoms with Crippen LogP contribution in [0.15, 0.2) is 77.4 Å². The third-order valence-electron chi connectivity index (χ3n) is 3.72. The minimum Gasteiger partial charge on any atom is -0.496 e. The Hall–Kier alpha value is -3.60. The van der Waals surface area contributed by atoms with Gasteiger partial charge in [-0.15, -0.1) is 0 Å². The molecule has 1 N–H and O–H groups in total.